The fourth-order valence-electron chi connectivity index (χ4n) is 1.94. The summed E-state index contributed by atoms with van der Waals surface area (Å²) in [6.45, 7) is 2.46. The minimum Gasteiger partial charge on any atom is -0.481 e. The predicted octanol–water partition coefficient (Wildman–Crippen LogP) is 2.06. The van der Waals surface area contributed by atoms with Gasteiger partial charge in [-0.25, -0.2) is 4.79 Å². The monoisotopic (exact) mass is 280 g/mol. The summed E-state index contributed by atoms with van der Waals surface area (Å²) in [5.41, 5.74) is 0. The predicted molar refractivity (Wildman–Crippen MR) is 72.1 cm³/mol. The van der Waals surface area contributed by atoms with Crippen molar-refractivity contribution in [2.24, 2.45) is 5.92 Å². The number of carboxylic acid groups (broad SMARTS) is 1. The Bertz CT molecular complexity index is 454. The van der Waals surface area contributed by atoms with Crippen LogP contribution >= 0.6 is 0 Å². The molecule has 0 spiro atoms. The van der Waals surface area contributed by atoms with Crippen LogP contribution in [0, 0.1) is 5.92 Å². The van der Waals surface area contributed by atoms with Crippen molar-refractivity contribution in [3.8, 4) is 0 Å². The number of urea groups is 1. The maximum absolute atomic E-state index is 12.1. The molecule has 110 valence electrons. The van der Waals surface area contributed by atoms with Gasteiger partial charge in [-0.1, -0.05) is 6.92 Å². The van der Waals surface area contributed by atoms with Crippen LogP contribution < -0.4 is 5.32 Å². The van der Waals surface area contributed by atoms with Crippen molar-refractivity contribution < 1.29 is 19.1 Å². The van der Waals surface area contributed by atoms with E-state index in [-0.39, 0.29) is 12.1 Å². The van der Waals surface area contributed by atoms with Crippen LogP contribution in [-0.4, -0.2) is 34.6 Å². The molecule has 1 heterocycles. The van der Waals surface area contributed by atoms with E-state index in [1.807, 2.05) is 6.07 Å². The van der Waals surface area contributed by atoms with Crippen molar-refractivity contribution in [1.82, 2.24) is 10.2 Å². The Balaban J connectivity index is 1.80. The molecule has 0 bridgehead atoms. The van der Waals surface area contributed by atoms with Crippen LogP contribution in [0.2, 0.25) is 0 Å². The van der Waals surface area contributed by atoms with Crippen molar-refractivity contribution in [2.75, 3.05) is 6.54 Å². The summed E-state index contributed by atoms with van der Waals surface area (Å²) in [5.74, 6) is -0.533. The zero-order valence-corrected chi connectivity index (χ0v) is 11.5. The highest BCUT2D eigenvalue weighted by Crippen LogP contribution is 2.28. The molecule has 1 aliphatic carbocycles. The topological polar surface area (TPSA) is 82.8 Å². The van der Waals surface area contributed by atoms with Crippen LogP contribution in [-0.2, 0) is 11.3 Å². The minimum absolute atomic E-state index is 0.151. The van der Waals surface area contributed by atoms with Gasteiger partial charge in [0, 0.05) is 12.6 Å². The molecular weight excluding hydrogens is 260 g/mol. The fraction of sp³-hybridized carbons (Fsp3) is 0.571. The van der Waals surface area contributed by atoms with E-state index in [1.54, 1.807) is 24.2 Å². The van der Waals surface area contributed by atoms with Gasteiger partial charge in [-0.3, -0.25) is 4.79 Å². The summed E-state index contributed by atoms with van der Waals surface area (Å²) in [6.07, 6.45) is 4.05. The van der Waals surface area contributed by atoms with Gasteiger partial charge in [0.1, 0.15) is 5.76 Å². The Labute approximate surface area is 117 Å². The zero-order chi connectivity index (χ0) is 14.5. The largest absolute Gasteiger partial charge is 0.481 e. The van der Waals surface area contributed by atoms with E-state index in [0.717, 1.165) is 18.6 Å². The average molecular weight is 280 g/mol. The second kappa shape index (κ2) is 6.45. The minimum atomic E-state index is -0.839. The quantitative estimate of drug-likeness (QED) is 0.801. The summed E-state index contributed by atoms with van der Waals surface area (Å²) < 4.78 is 5.27. The van der Waals surface area contributed by atoms with Gasteiger partial charge >= 0.3 is 12.0 Å². The molecule has 1 fully saturated rings. The first-order chi connectivity index (χ1) is 9.58. The van der Waals surface area contributed by atoms with E-state index in [0.29, 0.717) is 19.5 Å². The molecule has 1 unspecified atom stereocenters. The molecule has 0 aromatic carbocycles. The Morgan fingerprint density at radius 3 is 2.85 bits per heavy atom. The molecule has 6 heteroatoms. The number of nitrogens with zero attached hydrogens (tertiary/aromatic N) is 1. The van der Waals surface area contributed by atoms with E-state index in [4.69, 9.17) is 9.52 Å². The van der Waals surface area contributed by atoms with Crippen LogP contribution in [0.3, 0.4) is 0 Å². The molecule has 0 radical (unpaired) electrons. The first kappa shape index (κ1) is 14.4. The second-order valence-electron chi connectivity index (χ2n) is 5.20. The van der Waals surface area contributed by atoms with Gasteiger partial charge in [0.15, 0.2) is 0 Å². The van der Waals surface area contributed by atoms with Crippen molar-refractivity contribution in [3.05, 3.63) is 24.2 Å². The molecule has 1 atom stereocenters. The molecule has 1 saturated carbocycles. The third kappa shape index (κ3) is 4.01. The van der Waals surface area contributed by atoms with Gasteiger partial charge in [-0.15, -0.1) is 0 Å². The smallest absolute Gasteiger partial charge is 0.318 e. The van der Waals surface area contributed by atoms with Crippen molar-refractivity contribution in [1.29, 1.82) is 0 Å². The van der Waals surface area contributed by atoms with Crippen LogP contribution in [0.15, 0.2) is 22.8 Å². The number of amides is 2. The molecule has 2 amide bonds. The van der Waals surface area contributed by atoms with Crippen molar-refractivity contribution in [2.45, 2.75) is 38.8 Å². The number of rotatable bonds is 7. The summed E-state index contributed by atoms with van der Waals surface area (Å²) in [5, 5.41) is 11.6. The zero-order valence-electron chi connectivity index (χ0n) is 11.5. The molecular formula is C14H20N2O4. The van der Waals surface area contributed by atoms with Gasteiger partial charge in [0.2, 0.25) is 0 Å². The number of nitrogens with one attached hydrogen (secondary N) is 1. The van der Waals surface area contributed by atoms with Crippen LogP contribution in [0.25, 0.3) is 0 Å². The van der Waals surface area contributed by atoms with Crippen molar-refractivity contribution >= 4 is 12.0 Å². The molecule has 1 aliphatic rings. The molecule has 0 aliphatic heterocycles. The van der Waals surface area contributed by atoms with E-state index < -0.39 is 11.9 Å². The van der Waals surface area contributed by atoms with E-state index in [1.165, 1.54) is 0 Å². The van der Waals surface area contributed by atoms with Gasteiger partial charge in [-0.05, 0) is 31.4 Å². The average Bonchev–Trinajstić information content (AvgIpc) is 3.12. The lowest BCUT2D eigenvalue weighted by atomic mass is 10.1. The lowest BCUT2D eigenvalue weighted by Gasteiger charge is -2.22. The number of carboxylic acids is 1. The third-order valence-electron chi connectivity index (χ3n) is 3.43. The molecule has 20 heavy (non-hydrogen) atoms. The Kier molecular flexibility index (Phi) is 4.65. The Morgan fingerprint density at radius 1 is 1.55 bits per heavy atom. The number of carbonyl (C=O) groups is 2. The maximum Gasteiger partial charge on any atom is 0.318 e. The van der Waals surface area contributed by atoms with Gasteiger partial charge in [0.05, 0.1) is 18.7 Å². The molecule has 1 aromatic rings. The molecule has 2 N–H and O–H groups in total. The molecule has 2 rings (SSSR count). The number of hydrogen-bond acceptors (Lipinski definition) is 3. The highest BCUT2D eigenvalue weighted by Gasteiger charge is 2.33. The number of aliphatic carboxylic acids is 1. The highest BCUT2D eigenvalue weighted by atomic mass is 16.4. The maximum atomic E-state index is 12.1. The molecule has 0 saturated heterocycles. The lowest BCUT2D eigenvalue weighted by molar-refractivity contribution is -0.141. The normalized spacial score (nSPS) is 15.7. The summed E-state index contributed by atoms with van der Waals surface area (Å²) in [4.78, 5) is 24.6. The Morgan fingerprint density at radius 2 is 2.30 bits per heavy atom. The fourth-order valence-corrected chi connectivity index (χ4v) is 1.94. The SMILES string of the molecule is CC(CCNC(=O)N(Cc1ccco1)C1CC1)C(=O)O. The number of furan rings is 1. The van der Waals surface area contributed by atoms with Crippen molar-refractivity contribution in [3.63, 3.8) is 0 Å². The van der Waals surface area contributed by atoms with Crippen LogP contribution in [0.5, 0.6) is 0 Å². The van der Waals surface area contributed by atoms with Crippen LogP contribution in [0.4, 0.5) is 4.79 Å². The number of carbonyl (C=O) groups excluding carboxylic acids is 1. The third-order valence-corrected chi connectivity index (χ3v) is 3.43. The summed E-state index contributed by atoms with van der Waals surface area (Å²) in [6, 6.07) is 3.76. The molecule has 6 nitrogen and oxygen atoms in total. The van der Waals surface area contributed by atoms with Gasteiger partial charge in [0.25, 0.3) is 0 Å². The first-order valence-corrected chi connectivity index (χ1v) is 6.87. The standard InChI is InChI=1S/C14H20N2O4/c1-10(13(17)18)6-7-15-14(19)16(11-4-5-11)9-12-3-2-8-20-12/h2-3,8,10-11H,4-7,9H2,1H3,(H,15,19)(H,17,18). The van der Waals surface area contributed by atoms with Gasteiger partial charge < -0.3 is 19.7 Å². The second-order valence-corrected chi connectivity index (χ2v) is 5.20. The highest BCUT2D eigenvalue weighted by molar-refractivity contribution is 5.75. The first-order valence-electron chi connectivity index (χ1n) is 6.87. The molecule has 1 aromatic heterocycles. The van der Waals surface area contributed by atoms with E-state index >= 15 is 0 Å². The van der Waals surface area contributed by atoms with E-state index in [2.05, 4.69) is 5.32 Å². The number of hydrogen-bond donors (Lipinski definition) is 2. The van der Waals surface area contributed by atoms with Gasteiger partial charge in [-0.2, -0.15) is 0 Å². The Hall–Kier alpha value is -1.98. The van der Waals surface area contributed by atoms with Crippen LogP contribution in [0.1, 0.15) is 31.9 Å². The summed E-state index contributed by atoms with van der Waals surface area (Å²) >= 11 is 0. The van der Waals surface area contributed by atoms with E-state index in [9.17, 15) is 9.59 Å². The summed E-state index contributed by atoms with van der Waals surface area (Å²) in [7, 11) is 0. The lowest BCUT2D eigenvalue weighted by Crippen LogP contribution is -2.41.